The van der Waals surface area contributed by atoms with Crippen LogP contribution in [0.1, 0.15) is 31.9 Å². The third kappa shape index (κ3) is 5.59. The molecule has 0 unspecified atom stereocenters. The maximum atomic E-state index is 13.3. The Morgan fingerprint density at radius 1 is 1.39 bits per heavy atom. The van der Waals surface area contributed by atoms with E-state index in [9.17, 15) is 9.18 Å². The van der Waals surface area contributed by atoms with Crippen LogP contribution in [0, 0.1) is 5.82 Å². The number of rotatable bonds is 4. The first-order chi connectivity index (χ1) is 8.26. The van der Waals surface area contributed by atoms with E-state index in [2.05, 4.69) is 0 Å². The Balaban J connectivity index is 2.84. The fraction of sp³-hybridized carbons (Fsp3) is 0.357. The van der Waals surface area contributed by atoms with Gasteiger partial charge in [-0.3, -0.25) is 0 Å². The van der Waals surface area contributed by atoms with E-state index in [1.54, 1.807) is 6.07 Å². The summed E-state index contributed by atoms with van der Waals surface area (Å²) in [5, 5.41) is 8.52. The third-order valence-corrected chi connectivity index (χ3v) is 2.07. The van der Waals surface area contributed by atoms with E-state index in [1.807, 2.05) is 20.8 Å². The number of ether oxygens (including phenoxy) is 1. The molecule has 1 aromatic rings. The van der Waals surface area contributed by atoms with E-state index >= 15 is 0 Å². The topological polar surface area (TPSA) is 46.5 Å². The van der Waals surface area contributed by atoms with E-state index < -0.39 is 11.8 Å². The number of carboxylic acids is 1. The average Bonchev–Trinajstić information content (AvgIpc) is 2.22. The fourth-order valence-corrected chi connectivity index (χ4v) is 1.32. The second-order valence-electron chi connectivity index (χ2n) is 4.97. The first-order valence-corrected chi connectivity index (χ1v) is 5.61. The second-order valence-corrected chi connectivity index (χ2v) is 4.97. The second kappa shape index (κ2) is 5.78. The SMILES string of the molecule is CC(C)(C)OCc1cc(F)cc(C=CC(=O)O)c1. The van der Waals surface area contributed by atoms with Crippen LogP contribution in [0.2, 0.25) is 0 Å². The molecule has 0 aliphatic heterocycles. The van der Waals surface area contributed by atoms with Crippen LogP contribution in [0.15, 0.2) is 24.3 Å². The first-order valence-electron chi connectivity index (χ1n) is 5.61. The van der Waals surface area contributed by atoms with Crippen molar-refractivity contribution in [2.75, 3.05) is 0 Å². The maximum absolute atomic E-state index is 13.3. The van der Waals surface area contributed by atoms with Gasteiger partial charge >= 0.3 is 5.97 Å². The van der Waals surface area contributed by atoms with Crippen molar-refractivity contribution in [2.45, 2.75) is 33.0 Å². The highest BCUT2D eigenvalue weighted by atomic mass is 19.1. The molecule has 0 radical (unpaired) electrons. The maximum Gasteiger partial charge on any atom is 0.328 e. The summed E-state index contributed by atoms with van der Waals surface area (Å²) in [6, 6.07) is 4.36. The van der Waals surface area contributed by atoms with Crippen LogP contribution in [-0.2, 0) is 16.1 Å². The predicted octanol–water partition coefficient (Wildman–Crippen LogP) is 3.24. The van der Waals surface area contributed by atoms with Crippen molar-refractivity contribution in [2.24, 2.45) is 0 Å². The lowest BCUT2D eigenvalue weighted by atomic mass is 10.1. The molecule has 1 N–H and O–H groups in total. The van der Waals surface area contributed by atoms with Gasteiger partial charge in [-0.1, -0.05) is 0 Å². The summed E-state index contributed by atoms with van der Waals surface area (Å²) in [5.74, 6) is -1.47. The highest BCUT2D eigenvalue weighted by Gasteiger charge is 2.10. The van der Waals surface area contributed by atoms with Crippen LogP contribution in [0.5, 0.6) is 0 Å². The smallest absolute Gasteiger partial charge is 0.328 e. The molecule has 0 aliphatic carbocycles. The van der Waals surface area contributed by atoms with Crippen LogP contribution < -0.4 is 0 Å². The molecule has 1 aromatic carbocycles. The molecule has 1 rings (SSSR count). The fourth-order valence-electron chi connectivity index (χ4n) is 1.32. The summed E-state index contributed by atoms with van der Waals surface area (Å²) in [7, 11) is 0. The third-order valence-electron chi connectivity index (χ3n) is 2.07. The first kappa shape index (κ1) is 14.4. The van der Waals surface area contributed by atoms with Gasteiger partial charge < -0.3 is 9.84 Å². The Morgan fingerprint density at radius 2 is 2.06 bits per heavy atom. The van der Waals surface area contributed by atoms with Crippen molar-refractivity contribution in [3.8, 4) is 0 Å². The van der Waals surface area contributed by atoms with Crippen molar-refractivity contribution in [1.82, 2.24) is 0 Å². The highest BCUT2D eigenvalue weighted by Crippen LogP contribution is 2.15. The van der Waals surface area contributed by atoms with E-state index in [-0.39, 0.29) is 12.2 Å². The van der Waals surface area contributed by atoms with Crippen LogP contribution in [0.4, 0.5) is 4.39 Å². The van der Waals surface area contributed by atoms with Gasteiger partial charge in [0.2, 0.25) is 0 Å². The molecule has 18 heavy (non-hydrogen) atoms. The molecule has 3 nitrogen and oxygen atoms in total. The number of hydrogen-bond acceptors (Lipinski definition) is 2. The Labute approximate surface area is 106 Å². The molecular formula is C14H17FO3. The molecule has 98 valence electrons. The molecule has 0 aliphatic rings. The zero-order valence-corrected chi connectivity index (χ0v) is 10.7. The Bertz CT molecular complexity index is 459. The predicted molar refractivity (Wildman–Crippen MR) is 67.6 cm³/mol. The van der Waals surface area contributed by atoms with Gasteiger partial charge in [0.1, 0.15) is 5.82 Å². The number of carbonyl (C=O) groups is 1. The molecule has 0 saturated heterocycles. The number of aliphatic carboxylic acids is 1. The summed E-state index contributed by atoms with van der Waals surface area (Å²) in [6.07, 6.45) is 2.33. The summed E-state index contributed by atoms with van der Waals surface area (Å²) in [5.41, 5.74) is 0.878. The summed E-state index contributed by atoms with van der Waals surface area (Å²) >= 11 is 0. The lowest BCUT2D eigenvalue weighted by Crippen LogP contribution is -2.18. The monoisotopic (exact) mass is 252 g/mol. The van der Waals surface area contributed by atoms with Gasteiger partial charge in [0.25, 0.3) is 0 Å². The quantitative estimate of drug-likeness (QED) is 0.837. The minimum absolute atomic E-state index is 0.287. The van der Waals surface area contributed by atoms with E-state index in [1.165, 1.54) is 18.2 Å². The van der Waals surface area contributed by atoms with Crippen molar-refractivity contribution in [3.05, 3.63) is 41.2 Å². The number of benzene rings is 1. The molecule has 4 heteroatoms. The number of halogens is 1. The van der Waals surface area contributed by atoms with Crippen molar-refractivity contribution in [3.63, 3.8) is 0 Å². The van der Waals surface area contributed by atoms with Crippen molar-refractivity contribution < 1.29 is 19.0 Å². The average molecular weight is 252 g/mol. The summed E-state index contributed by atoms with van der Waals surface area (Å²) in [6.45, 7) is 6.03. The highest BCUT2D eigenvalue weighted by molar-refractivity contribution is 5.85. The Morgan fingerprint density at radius 3 is 2.61 bits per heavy atom. The largest absolute Gasteiger partial charge is 0.478 e. The van der Waals surface area contributed by atoms with Gasteiger partial charge in [0.15, 0.2) is 0 Å². The Hall–Kier alpha value is -1.68. The lowest BCUT2D eigenvalue weighted by molar-refractivity contribution is -0.131. The van der Waals surface area contributed by atoms with Crippen LogP contribution in [0.3, 0.4) is 0 Å². The van der Waals surface area contributed by atoms with Gasteiger partial charge in [-0.2, -0.15) is 0 Å². The molecule has 0 aromatic heterocycles. The van der Waals surface area contributed by atoms with Crippen molar-refractivity contribution in [1.29, 1.82) is 0 Å². The normalized spacial score (nSPS) is 12.0. The molecule has 0 spiro atoms. The minimum atomic E-state index is -1.06. The number of carboxylic acid groups (broad SMARTS) is 1. The van der Waals surface area contributed by atoms with Crippen LogP contribution in [-0.4, -0.2) is 16.7 Å². The van der Waals surface area contributed by atoms with Crippen LogP contribution >= 0.6 is 0 Å². The molecule has 0 bridgehead atoms. The Kier molecular flexibility index (Phi) is 4.62. The van der Waals surface area contributed by atoms with Gasteiger partial charge in [0, 0.05) is 6.08 Å². The van der Waals surface area contributed by atoms with Gasteiger partial charge in [-0.25, -0.2) is 9.18 Å². The van der Waals surface area contributed by atoms with E-state index in [4.69, 9.17) is 9.84 Å². The molecule has 0 atom stereocenters. The molecule has 0 amide bonds. The molecule has 0 saturated carbocycles. The zero-order chi connectivity index (χ0) is 13.8. The zero-order valence-electron chi connectivity index (χ0n) is 10.7. The van der Waals surface area contributed by atoms with Gasteiger partial charge in [-0.15, -0.1) is 0 Å². The standard InChI is InChI=1S/C14H17FO3/c1-14(2,3)18-9-11-6-10(4-5-13(16)17)7-12(15)8-11/h4-8H,9H2,1-3H3,(H,16,17). The molecular weight excluding hydrogens is 235 g/mol. The lowest BCUT2D eigenvalue weighted by Gasteiger charge is -2.19. The summed E-state index contributed by atoms with van der Waals surface area (Å²) in [4.78, 5) is 10.4. The van der Waals surface area contributed by atoms with Crippen molar-refractivity contribution >= 4 is 12.0 Å². The van der Waals surface area contributed by atoms with Crippen LogP contribution in [0.25, 0.3) is 6.08 Å². The molecule has 0 heterocycles. The van der Waals surface area contributed by atoms with E-state index in [0.29, 0.717) is 11.1 Å². The minimum Gasteiger partial charge on any atom is -0.478 e. The number of hydrogen-bond donors (Lipinski definition) is 1. The van der Waals surface area contributed by atoms with E-state index in [0.717, 1.165) is 6.08 Å². The van der Waals surface area contributed by atoms with Gasteiger partial charge in [0.05, 0.1) is 12.2 Å². The molecule has 0 fully saturated rings. The summed E-state index contributed by atoms with van der Waals surface area (Å²) < 4.78 is 18.9. The van der Waals surface area contributed by atoms with Gasteiger partial charge in [-0.05, 0) is 56.2 Å².